The van der Waals surface area contributed by atoms with Crippen molar-refractivity contribution in [3.8, 4) is 0 Å². The number of nitrogens with zero attached hydrogens (tertiary/aromatic N) is 1. The van der Waals surface area contributed by atoms with Gasteiger partial charge in [0.2, 0.25) is 10.0 Å². The molecular weight excluding hydrogens is 294 g/mol. The van der Waals surface area contributed by atoms with Crippen LogP contribution in [0.5, 0.6) is 0 Å². The molecule has 0 saturated heterocycles. The summed E-state index contributed by atoms with van der Waals surface area (Å²) in [4.78, 5) is 0.345. The predicted octanol–water partition coefficient (Wildman–Crippen LogP) is 4.02. The van der Waals surface area contributed by atoms with E-state index >= 15 is 0 Å². The van der Waals surface area contributed by atoms with Gasteiger partial charge in [-0.25, -0.2) is 8.42 Å². The first-order chi connectivity index (χ1) is 10.5. The fourth-order valence-corrected chi connectivity index (χ4v) is 3.78. The van der Waals surface area contributed by atoms with Gasteiger partial charge in [-0.2, -0.15) is 4.31 Å². The largest absolute Gasteiger partial charge is 0.243 e. The Morgan fingerprint density at radius 1 is 1.00 bits per heavy atom. The number of sulfonamides is 1. The lowest BCUT2D eigenvalue weighted by Gasteiger charge is -2.24. The summed E-state index contributed by atoms with van der Waals surface area (Å²) in [6.45, 7) is 4.01. The average Bonchev–Trinajstić information content (AvgIpc) is 2.55. The minimum Gasteiger partial charge on any atom is -0.207 e. The summed E-state index contributed by atoms with van der Waals surface area (Å²) in [7, 11) is -1.85. The van der Waals surface area contributed by atoms with Gasteiger partial charge in [0.25, 0.3) is 0 Å². The Labute approximate surface area is 133 Å². The molecule has 2 aromatic carbocycles. The molecular formula is C18H23NO2S. The molecule has 3 nitrogen and oxygen atoms in total. The van der Waals surface area contributed by atoms with Gasteiger partial charge in [-0.1, -0.05) is 55.8 Å². The predicted molar refractivity (Wildman–Crippen MR) is 90.2 cm³/mol. The van der Waals surface area contributed by atoms with Crippen LogP contribution in [0.4, 0.5) is 0 Å². The zero-order chi connectivity index (χ0) is 16.2. The molecule has 0 spiro atoms. The molecule has 1 unspecified atom stereocenters. The monoisotopic (exact) mass is 317 g/mol. The van der Waals surface area contributed by atoms with E-state index in [0.717, 1.165) is 18.4 Å². The lowest BCUT2D eigenvalue weighted by atomic mass is 10.1. The molecule has 0 aliphatic carbocycles. The first-order valence-electron chi connectivity index (χ1n) is 7.58. The highest BCUT2D eigenvalue weighted by Crippen LogP contribution is 2.25. The second-order valence-corrected chi connectivity index (χ2v) is 7.50. The number of aryl methyl sites for hydroxylation is 1. The van der Waals surface area contributed by atoms with E-state index in [2.05, 4.69) is 6.92 Å². The summed E-state index contributed by atoms with van der Waals surface area (Å²) in [6, 6.07) is 16.7. The van der Waals surface area contributed by atoms with Gasteiger partial charge in [0.05, 0.1) is 4.90 Å². The lowest BCUT2D eigenvalue weighted by Crippen LogP contribution is -2.29. The summed E-state index contributed by atoms with van der Waals surface area (Å²) in [5.41, 5.74) is 2.15. The fraction of sp³-hybridized carbons (Fsp3) is 0.333. The molecule has 4 heteroatoms. The highest BCUT2D eigenvalue weighted by Gasteiger charge is 2.26. The van der Waals surface area contributed by atoms with Crippen molar-refractivity contribution < 1.29 is 8.42 Å². The molecule has 0 saturated carbocycles. The summed E-state index contributed by atoms with van der Waals surface area (Å²) < 4.78 is 26.9. The standard InChI is InChI=1S/C18H23NO2S/c1-4-8-16-11-13-18(14-12-16)22(20,21)19(3)15(2)17-9-6-5-7-10-17/h5-7,9-15H,4,8H2,1-3H3. The van der Waals surface area contributed by atoms with Crippen molar-refractivity contribution in [1.29, 1.82) is 0 Å². The van der Waals surface area contributed by atoms with Crippen molar-refractivity contribution in [2.75, 3.05) is 7.05 Å². The van der Waals surface area contributed by atoms with Gasteiger partial charge < -0.3 is 0 Å². The average molecular weight is 317 g/mol. The molecule has 22 heavy (non-hydrogen) atoms. The smallest absolute Gasteiger partial charge is 0.207 e. The third-order valence-electron chi connectivity index (χ3n) is 3.97. The van der Waals surface area contributed by atoms with E-state index in [4.69, 9.17) is 0 Å². The van der Waals surface area contributed by atoms with E-state index in [1.807, 2.05) is 49.4 Å². The Morgan fingerprint density at radius 3 is 2.14 bits per heavy atom. The minimum atomic E-state index is -3.48. The maximum absolute atomic E-state index is 12.7. The van der Waals surface area contributed by atoms with Crippen LogP contribution in [0, 0.1) is 0 Å². The van der Waals surface area contributed by atoms with Gasteiger partial charge in [0.15, 0.2) is 0 Å². The number of benzene rings is 2. The maximum Gasteiger partial charge on any atom is 0.243 e. The molecule has 2 rings (SSSR count). The molecule has 0 radical (unpaired) electrons. The summed E-state index contributed by atoms with van der Waals surface area (Å²) >= 11 is 0. The first kappa shape index (κ1) is 16.7. The van der Waals surface area contributed by atoms with Gasteiger partial charge in [-0.05, 0) is 36.6 Å². The van der Waals surface area contributed by atoms with Crippen molar-refractivity contribution in [2.24, 2.45) is 0 Å². The molecule has 0 amide bonds. The van der Waals surface area contributed by atoms with E-state index in [1.54, 1.807) is 19.2 Å². The molecule has 0 N–H and O–H groups in total. The summed E-state index contributed by atoms with van der Waals surface area (Å²) in [5, 5.41) is 0. The second kappa shape index (κ2) is 7.07. The van der Waals surface area contributed by atoms with Crippen LogP contribution in [-0.2, 0) is 16.4 Å². The van der Waals surface area contributed by atoms with Crippen molar-refractivity contribution in [1.82, 2.24) is 4.31 Å². The highest BCUT2D eigenvalue weighted by molar-refractivity contribution is 7.89. The lowest BCUT2D eigenvalue weighted by molar-refractivity contribution is 0.398. The van der Waals surface area contributed by atoms with E-state index in [1.165, 1.54) is 9.87 Å². The van der Waals surface area contributed by atoms with Gasteiger partial charge in [0.1, 0.15) is 0 Å². The van der Waals surface area contributed by atoms with Crippen LogP contribution in [0.25, 0.3) is 0 Å². The van der Waals surface area contributed by atoms with Crippen molar-refractivity contribution in [3.63, 3.8) is 0 Å². The van der Waals surface area contributed by atoms with E-state index < -0.39 is 10.0 Å². The van der Waals surface area contributed by atoms with E-state index in [9.17, 15) is 8.42 Å². The Hall–Kier alpha value is -1.65. The molecule has 118 valence electrons. The molecule has 2 aromatic rings. The summed E-state index contributed by atoms with van der Waals surface area (Å²) in [6.07, 6.45) is 2.02. The third kappa shape index (κ3) is 3.57. The van der Waals surface area contributed by atoms with Crippen LogP contribution in [0.15, 0.2) is 59.5 Å². The molecule has 0 aromatic heterocycles. The van der Waals surface area contributed by atoms with Crippen LogP contribution in [0.3, 0.4) is 0 Å². The number of hydrogen-bond acceptors (Lipinski definition) is 2. The molecule has 0 bridgehead atoms. The zero-order valence-electron chi connectivity index (χ0n) is 13.4. The van der Waals surface area contributed by atoms with Crippen molar-refractivity contribution in [2.45, 2.75) is 37.6 Å². The van der Waals surface area contributed by atoms with Crippen LogP contribution in [-0.4, -0.2) is 19.8 Å². The Balaban J connectivity index is 2.25. The third-order valence-corrected chi connectivity index (χ3v) is 5.91. The first-order valence-corrected chi connectivity index (χ1v) is 9.02. The van der Waals surface area contributed by atoms with Crippen molar-refractivity contribution in [3.05, 3.63) is 65.7 Å². The van der Waals surface area contributed by atoms with Gasteiger partial charge in [0, 0.05) is 13.1 Å². The Bertz CT molecular complexity index is 694. The molecule has 0 fully saturated rings. The molecule has 0 heterocycles. The van der Waals surface area contributed by atoms with E-state index in [0.29, 0.717) is 4.90 Å². The quantitative estimate of drug-likeness (QED) is 0.807. The van der Waals surface area contributed by atoms with Gasteiger partial charge in [-0.3, -0.25) is 0 Å². The normalized spacial score (nSPS) is 13.3. The Morgan fingerprint density at radius 2 is 1.59 bits per heavy atom. The zero-order valence-corrected chi connectivity index (χ0v) is 14.2. The van der Waals surface area contributed by atoms with Crippen LogP contribution < -0.4 is 0 Å². The maximum atomic E-state index is 12.7. The number of rotatable bonds is 6. The minimum absolute atomic E-state index is 0.207. The summed E-state index contributed by atoms with van der Waals surface area (Å²) in [5.74, 6) is 0. The van der Waals surface area contributed by atoms with Crippen LogP contribution in [0.1, 0.15) is 37.4 Å². The molecule has 0 aliphatic rings. The topological polar surface area (TPSA) is 37.4 Å². The van der Waals surface area contributed by atoms with Crippen molar-refractivity contribution >= 4 is 10.0 Å². The fourth-order valence-electron chi connectivity index (χ4n) is 2.43. The van der Waals surface area contributed by atoms with Gasteiger partial charge in [-0.15, -0.1) is 0 Å². The van der Waals surface area contributed by atoms with E-state index in [-0.39, 0.29) is 6.04 Å². The molecule has 0 aliphatic heterocycles. The highest BCUT2D eigenvalue weighted by atomic mass is 32.2. The Kier molecular flexibility index (Phi) is 5.37. The van der Waals surface area contributed by atoms with Crippen LogP contribution in [0.2, 0.25) is 0 Å². The van der Waals surface area contributed by atoms with Gasteiger partial charge >= 0.3 is 0 Å². The van der Waals surface area contributed by atoms with Crippen LogP contribution >= 0.6 is 0 Å². The molecule has 1 atom stereocenters. The second-order valence-electron chi connectivity index (χ2n) is 5.50. The SMILES string of the molecule is CCCc1ccc(S(=O)(=O)N(C)C(C)c2ccccc2)cc1. The number of hydrogen-bond donors (Lipinski definition) is 0.